The van der Waals surface area contributed by atoms with E-state index < -0.39 is 0 Å². The summed E-state index contributed by atoms with van der Waals surface area (Å²) in [6.07, 6.45) is 7.44. The van der Waals surface area contributed by atoms with Crippen molar-refractivity contribution < 1.29 is 9.47 Å². The number of halogens is 1. The number of rotatable bonds is 4. The van der Waals surface area contributed by atoms with E-state index in [0.29, 0.717) is 17.0 Å². The highest BCUT2D eigenvalue weighted by atomic mass is 35.5. The first kappa shape index (κ1) is 15.0. The van der Waals surface area contributed by atoms with Crippen molar-refractivity contribution in [1.82, 2.24) is 5.32 Å². The first-order valence-corrected chi connectivity index (χ1v) is 8.40. The van der Waals surface area contributed by atoms with Crippen molar-refractivity contribution in [2.45, 2.75) is 50.5 Å². The van der Waals surface area contributed by atoms with Gasteiger partial charge >= 0.3 is 0 Å². The molecule has 1 aromatic carbocycles. The molecule has 2 aliphatic rings. The average molecular weight is 310 g/mol. The third-order valence-corrected chi connectivity index (χ3v) is 4.89. The Hall–Kier alpha value is -0.930. The van der Waals surface area contributed by atoms with E-state index >= 15 is 0 Å². The largest absolute Gasteiger partial charge is 0.493 e. The molecule has 2 fully saturated rings. The molecule has 3 nitrogen and oxygen atoms in total. The first-order chi connectivity index (χ1) is 10.3. The van der Waals surface area contributed by atoms with Crippen LogP contribution in [0.3, 0.4) is 0 Å². The summed E-state index contributed by atoms with van der Waals surface area (Å²) in [7, 11) is 1.69. The summed E-state index contributed by atoms with van der Waals surface area (Å²) >= 11 is 6.49. The van der Waals surface area contributed by atoms with Crippen molar-refractivity contribution >= 4 is 11.6 Å². The van der Waals surface area contributed by atoms with Crippen molar-refractivity contribution in [3.63, 3.8) is 0 Å². The molecule has 1 aliphatic heterocycles. The Kier molecular flexibility index (Phi) is 4.91. The Morgan fingerprint density at radius 1 is 1.14 bits per heavy atom. The summed E-state index contributed by atoms with van der Waals surface area (Å²) < 4.78 is 11.6. The van der Waals surface area contributed by atoms with Gasteiger partial charge in [0.2, 0.25) is 0 Å². The fourth-order valence-electron chi connectivity index (χ4n) is 3.40. The van der Waals surface area contributed by atoms with Crippen molar-refractivity contribution in [3.05, 3.63) is 22.7 Å². The maximum atomic E-state index is 6.49. The van der Waals surface area contributed by atoms with Crippen LogP contribution in [0, 0.1) is 0 Å². The Bertz CT molecular complexity index is 480. The summed E-state index contributed by atoms with van der Waals surface area (Å²) in [6, 6.07) is 4.17. The molecule has 1 heterocycles. The van der Waals surface area contributed by atoms with Gasteiger partial charge in [0.1, 0.15) is 0 Å². The van der Waals surface area contributed by atoms with E-state index in [1.54, 1.807) is 7.11 Å². The number of ether oxygens (including phenoxy) is 2. The Labute approximate surface area is 132 Å². The van der Waals surface area contributed by atoms with Gasteiger partial charge in [-0.3, -0.25) is 0 Å². The third kappa shape index (κ3) is 3.46. The molecule has 0 aromatic heterocycles. The smallest absolute Gasteiger partial charge is 0.180 e. The van der Waals surface area contributed by atoms with E-state index in [2.05, 4.69) is 17.4 Å². The monoisotopic (exact) mass is 309 g/mol. The molecule has 0 amide bonds. The molecular weight excluding hydrogens is 286 g/mol. The summed E-state index contributed by atoms with van der Waals surface area (Å²) in [5.74, 6) is 2.01. The zero-order chi connectivity index (χ0) is 14.7. The van der Waals surface area contributed by atoms with Crippen LogP contribution in [0.15, 0.2) is 12.1 Å². The van der Waals surface area contributed by atoms with Gasteiger partial charge in [-0.15, -0.1) is 0 Å². The minimum Gasteiger partial charge on any atom is -0.493 e. The highest BCUT2D eigenvalue weighted by Gasteiger charge is 2.23. The lowest BCUT2D eigenvalue weighted by Crippen LogP contribution is -2.28. The molecule has 21 heavy (non-hydrogen) atoms. The van der Waals surface area contributed by atoms with E-state index in [9.17, 15) is 0 Å². The number of benzene rings is 1. The lowest BCUT2D eigenvalue weighted by atomic mass is 9.91. The van der Waals surface area contributed by atoms with Crippen molar-refractivity contribution in [2.75, 3.05) is 20.2 Å². The zero-order valence-electron chi connectivity index (χ0n) is 12.7. The van der Waals surface area contributed by atoms with Crippen LogP contribution in [0.1, 0.15) is 50.0 Å². The topological polar surface area (TPSA) is 30.5 Å². The lowest BCUT2D eigenvalue weighted by Gasteiger charge is -2.25. The molecule has 4 heteroatoms. The predicted molar refractivity (Wildman–Crippen MR) is 85.7 cm³/mol. The second-order valence-corrected chi connectivity index (χ2v) is 6.51. The third-order valence-electron chi connectivity index (χ3n) is 4.61. The van der Waals surface area contributed by atoms with Gasteiger partial charge in [-0.1, -0.05) is 11.6 Å². The quantitative estimate of drug-likeness (QED) is 0.907. The molecule has 0 radical (unpaired) electrons. The highest BCUT2D eigenvalue weighted by molar-refractivity contribution is 6.32. The highest BCUT2D eigenvalue weighted by Crippen LogP contribution is 2.41. The van der Waals surface area contributed by atoms with Crippen LogP contribution >= 0.6 is 11.6 Å². The normalized spacial score (nSPS) is 23.2. The van der Waals surface area contributed by atoms with Gasteiger partial charge in [0, 0.05) is 6.54 Å². The maximum Gasteiger partial charge on any atom is 0.180 e. The average Bonchev–Trinajstić information content (AvgIpc) is 3.03. The molecule has 1 saturated heterocycles. The SMILES string of the molecule is COc1cc(C2CCCNC2)cc(Cl)c1OC1CCCC1. The van der Waals surface area contributed by atoms with Gasteiger partial charge in [0.25, 0.3) is 0 Å². The van der Waals surface area contributed by atoms with Gasteiger partial charge in [0.05, 0.1) is 18.2 Å². The van der Waals surface area contributed by atoms with Crippen LogP contribution in [0.25, 0.3) is 0 Å². The summed E-state index contributed by atoms with van der Waals surface area (Å²) in [5.41, 5.74) is 1.25. The maximum absolute atomic E-state index is 6.49. The summed E-state index contributed by atoms with van der Waals surface area (Å²) in [4.78, 5) is 0. The molecule has 1 N–H and O–H groups in total. The fourth-order valence-corrected chi connectivity index (χ4v) is 3.66. The Balaban J connectivity index is 1.82. The zero-order valence-corrected chi connectivity index (χ0v) is 13.4. The van der Waals surface area contributed by atoms with E-state index in [0.717, 1.165) is 37.4 Å². The van der Waals surface area contributed by atoms with Crippen molar-refractivity contribution in [2.24, 2.45) is 0 Å². The predicted octanol–water partition coefficient (Wildman–Crippen LogP) is 4.14. The molecule has 1 atom stereocenters. The molecule has 1 saturated carbocycles. The van der Waals surface area contributed by atoms with Crippen molar-refractivity contribution in [3.8, 4) is 11.5 Å². The van der Waals surface area contributed by atoms with E-state index in [-0.39, 0.29) is 0 Å². The van der Waals surface area contributed by atoms with Gasteiger partial charge in [-0.05, 0) is 68.7 Å². The molecule has 116 valence electrons. The minimum absolute atomic E-state index is 0.290. The standard InChI is InChI=1S/C17H24ClNO2/c1-20-16-10-13(12-5-4-8-19-11-12)9-15(18)17(16)21-14-6-2-3-7-14/h9-10,12,14,19H,2-8,11H2,1H3. The summed E-state index contributed by atoms with van der Waals surface area (Å²) in [5, 5.41) is 4.13. The Morgan fingerprint density at radius 2 is 1.95 bits per heavy atom. The number of hydrogen-bond donors (Lipinski definition) is 1. The summed E-state index contributed by atoms with van der Waals surface area (Å²) in [6.45, 7) is 2.13. The van der Waals surface area contributed by atoms with Crippen LogP contribution in [-0.4, -0.2) is 26.3 Å². The van der Waals surface area contributed by atoms with Gasteiger partial charge in [-0.25, -0.2) is 0 Å². The van der Waals surface area contributed by atoms with Crippen LogP contribution in [0.2, 0.25) is 5.02 Å². The number of nitrogens with one attached hydrogen (secondary N) is 1. The van der Waals surface area contributed by atoms with Crippen LogP contribution in [0.5, 0.6) is 11.5 Å². The van der Waals surface area contributed by atoms with Gasteiger partial charge in [0.15, 0.2) is 11.5 Å². The van der Waals surface area contributed by atoms with Crippen LogP contribution in [0.4, 0.5) is 0 Å². The molecule has 1 aromatic rings. The van der Waals surface area contributed by atoms with Crippen LogP contribution < -0.4 is 14.8 Å². The molecular formula is C17H24ClNO2. The minimum atomic E-state index is 0.290. The van der Waals surface area contributed by atoms with Crippen LogP contribution in [-0.2, 0) is 0 Å². The molecule has 3 rings (SSSR count). The Morgan fingerprint density at radius 3 is 2.62 bits per heavy atom. The lowest BCUT2D eigenvalue weighted by molar-refractivity contribution is 0.201. The van der Waals surface area contributed by atoms with Gasteiger partial charge < -0.3 is 14.8 Å². The van der Waals surface area contributed by atoms with E-state index in [1.165, 1.54) is 31.2 Å². The number of methoxy groups -OCH3 is 1. The molecule has 0 spiro atoms. The molecule has 1 unspecified atom stereocenters. The number of hydrogen-bond acceptors (Lipinski definition) is 3. The molecule has 1 aliphatic carbocycles. The number of piperidine rings is 1. The second-order valence-electron chi connectivity index (χ2n) is 6.10. The van der Waals surface area contributed by atoms with Gasteiger partial charge in [-0.2, -0.15) is 0 Å². The molecule has 0 bridgehead atoms. The second kappa shape index (κ2) is 6.89. The van der Waals surface area contributed by atoms with Crippen molar-refractivity contribution in [1.29, 1.82) is 0 Å². The van der Waals surface area contributed by atoms with E-state index in [1.807, 2.05) is 0 Å². The first-order valence-electron chi connectivity index (χ1n) is 8.02. The fraction of sp³-hybridized carbons (Fsp3) is 0.647. The van der Waals surface area contributed by atoms with E-state index in [4.69, 9.17) is 21.1 Å².